The van der Waals surface area contributed by atoms with Gasteiger partial charge in [0.25, 0.3) is 0 Å². The van der Waals surface area contributed by atoms with E-state index in [-0.39, 0.29) is 0 Å². The van der Waals surface area contributed by atoms with Gasteiger partial charge >= 0.3 is 0 Å². The number of para-hydroxylation sites is 1. The number of benzene rings is 3. The predicted octanol–water partition coefficient (Wildman–Crippen LogP) is 9.90. The summed E-state index contributed by atoms with van der Waals surface area (Å²) in [6.07, 6.45) is 6.60. The zero-order chi connectivity index (χ0) is 27.0. The van der Waals surface area contributed by atoms with Crippen LogP contribution in [0.2, 0.25) is 0 Å². The second-order valence-electron chi connectivity index (χ2n) is 10.2. The summed E-state index contributed by atoms with van der Waals surface area (Å²) in [4.78, 5) is 0. The number of hydrogen-bond donors (Lipinski definition) is 0. The summed E-state index contributed by atoms with van der Waals surface area (Å²) in [5, 5.41) is 0. The molecule has 0 spiro atoms. The van der Waals surface area contributed by atoms with E-state index >= 15 is 0 Å². The Morgan fingerprint density at radius 2 is 1.33 bits per heavy atom. The molecule has 0 aliphatic carbocycles. The number of methoxy groups -OCH3 is 1. The summed E-state index contributed by atoms with van der Waals surface area (Å²) in [5.74, 6) is 1.89. The molecule has 0 bridgehead atoms. The van der Waals surface area contributed by atoms with Crippen molar-refractivity contribution in [2.45, 2.75) is 59.0 Å². The van der Waals surface area contributed by atoms with Gasteiger partial charge in [0.15, 0.2) is 5.76 Å². The number of unbranched alkanes of at least 4 members (excludes halogenated alkanes) is 2. The fraction of sp³-hybridized carbons (Fsp3) is 0.278. The Balaban J connectivity index is 1.72. The van der Waals surface area contributed by atoms with Crippen molar-refractivity contribution in [1.29, 1.82) is 0 Å². The maximum absolute atomic E-state index is 6.80. The number of aryl methyl sites for hydroxylation is 2. The fourth-order valence-electron chi connectivity index (χ4n) is 5.32. The largest absolute Gasteiger partial charge is 0.454 e. The van der Waals surface area contributed by atoms with Gasteiger partial charge in [-0.15, -0.1) is 0 Å². The van der Waals surface area contributed by atoms with Gasteiger partial charge in [0.2, 0.25) is 0 Å². The topological polar surface area (TPSA) is 27.3 Å². The van der Waals surface area contributed by atoms with E-state index in [2.05, 4.69) is 115 Å². The van der Waals surface area contributed by atoms with Gasteiger partial charge in [-0.2, -0.15) is 0 Å². The second-order valence-corrected chi connectivity index (χ2v) is 10.2. The summed E-state index contributed by atoms with van der Waals surface area (Å²) >= 11 is 0. The molecule has 3 nitrogen and oxygen atoms in total. The Bertz CT molecular complexity index is 1460. The van der Waals surface area contributed by atoms with E-state index in [0.29, 0.717) is 6.61 Å². The van der Waals surface area contributed by atoms with E-state index in [1.54, 1.807) is 7.11 Å². The van der Waals surface area contributed by atoms with Crippen molar-refractivity contribution in [1.82, 2.24) is 4.57 Å². The highest BCUT2D eigenvalue weighted by atomic mass is 16.5. The summed E-state index contributed by atoms with van der Waals surface area (Å²) < 4.78 is 14.5. The molecule has 5 rings (SSSR count). The lowest BCUT2D eigenvalue weighted by Gasteiger charge is -2.15. The third kappa shape index (κ3) is 5.94. The summed E-state index contributed by atoms with van der Waals surface area (Å²) in [6, 6.07) is 34.7. The first-order valence-corrected chi connectivity index (χ1v) is 14.3. The Hall–Kier alpha value is -3.82. The highest BCUT2D eigenvalue weighted by molar-refractivity contribution is 5.77. The number of nitrogens with zero attached hydrogens (tertiary/aromatic N) is 1. The van der Waals surface area contributed by atoms with Gasteiger partial charge in [-0.3, -0.25) is 0 Å². The lowest BCUT2D eigenvalue weighted by molar-refractivity contribution is 0.185. The number of ether oxygens (including phenoxy) is 1. The Morgan fingerprint density at radius 1 is 0.692 bits per heavy atom. The van der Waals surface area contributed by atoms with Crippen LogP contribution in [0.25, 0.3) is 39.7 Å². The molecule has 2 heterocycles. The van der Waals surface area contributed by atoms with Crippen molar-refractivity contribution in [3.63, 3.8) is 0 Å². The molecule has 2 aromatic heterocycles. The molecule has 0 atom stereocenters. The van der Waals surface area contributed by atoms with Crippen LogP contribution < -0.4 is 0 Å². The van der Waals surface area contributed by atoms with E-state index in [1.807, 2.05) is 0 Å². The van der Waals surface area contributed by atoms with Gasteiger partial charge in [0.05, 0.1) is 18.0 Å². The molecule has 0 fully saturated rings. The number of hydrogen-bond acceptors (Lipinski definition) is 2. The SMILES string of the molecule is CCCCc1cc(-c2ccc(COC)cc2)oc1-c1cc(CCCC)c(-c2ccccc2)n1-c1ccccc1. The summed E-state index contributed by atoms with van der Waals surface area (Å²) in [5.41, 5.74) is 9.64. The van der Waals surface area contributed by atoms with Gasteiger partial charge in [-0.05, 0) is 66.6 Å². The van der Waals surface area contributed by atoms with Crippen molar-refractivity contribution < 1.29 is 9.15 Å². The molecule has 0 amide bonds. The standard InChI is InChI=1S/C36H39NO2/c1-4-6-14-30-24-33(37(32-18-12-9-13-19-32)35(30)29-16-10-8-11-17-29)36-31(15-7-5-2)25-34(39-36)28-22-20-27(21-23-28)26-38-3/h8-13,16-25H,4-7,14-15,26H2,1-3H3. The molecule has 0 unspecified atom stereocenters. The van der Waals surface area contributed by atoms with Crippen LogP contribution >= 0.6 is 0 Å². The molecule has 39 heavy (non-hydrogen) atoms. The van der Waals surface area contributed by atoms with Crippen LogP contribution in [0, 0.1) is 0 Å². The third-order valence-electron chi connectivity index (χ3n) is 7.33. The highest BCUT2D eigenvalue weighted by Crippen LogP contribution is 2.41. The van der Waals surface area contributed by atoms with Crippen molar-refractivity contribution in [3.05, 3.63) is 114 Å². The maximum atomic E-state index is 6.80. The van der Waals surface area contributed by atoms with Gasteiger partial charge in [-0.25, -0.2) is 0 Å². The molecule has 200 valence electrons. The molecule has 0 N–H and O–H groups in total. The van der Waals surface area contributed by atoms with Crippen LogP contribution in [0.15, 0.2) is 101 Å². The summed E-state index contributed by atoms with van der Waals surface area (Å²) in [6.45, 7) is 5.12. The Morgan fingerprint density at radius 3 is 1.97 bits per heavy atom. The molecule has 0 saturated heterocycles. The molecule has 3 aromatic carbocycles. The summed E-state index contributed by atoms with van der Waals surface area (Å²) in [7, 11) is 1.73. The number of aromatic nitrogens is 1. The minimum Gasteiger partial charge on any atom is -0.454 e. The molecule has 5 aromatic rings. The minimum absolute atomic E-state index is 0.610. The van der Waals surface area contributed by atoms with Crippen molar-refractivity contribution in [2.75, 3.05) is 7.11 Å². The molecular formula is C36H39NO2. The molecule has 0 radical (unpaired) electrons. The fourth-order valence-corrected chi connectivity index (χ4v) is 5.32. The number of furan rings is 1. The van der Waals surface area contributed by atoms with Gasteiger partial charge in [-0.1, -0.05) is 99.5 Å². The Labute approximate surface area is 233 Å². The lowest BCUT2D eigenvalue weighted by atomic mass is 10.0. The van der Waals surface area contributed by atoms with Crippen LogP contribution in [0.5, 0.6) is 0 Å². The smallest absolute Gasteiger partial charge is 0.154 e. The van der Waals surface area contributed by atoms with Crippen LogP contribution in [-0.4, -0.2) is 11.7 Å². The molecular weight excluding hydrogens is 478 g/mol. The minimum atomic E-state index is 0.610. The first kappa shape index (κ1) is 26.8. The second kappa shape index (κ2) is 12.8. The van der Waals surface area contributed by atoms with E-state index in [4.69, 9.17) is 9.15 Å². The lowest BCUT2D eigenvalue weighted by Crippen LogP contribution is -2.01. The van der Waals surface area contributed by atoms with E-state index in [1.165, 1.54) is 22.4 Å². The van der Waals surface area contributed by atoms with Crippen LogP contribution in [0.3, 0.4) is 0 Å². The average molecular weight is 518 g/mol. The monoisotopic (exact) mass is 517 g/mol. The van der Waals surface area contributed by atoms with Gasteiger partial charge < -0.3 is 13.7 Å². The van der Waals surface area contributed by atoms with E-state index < -0.39 is 0 Å². The predicted molar refractivity (Wildman–Crippen MR) is 162 cm³/mol. The molecule has 0 saturated carbocycles. The first-order valence-electron chi connectivity index (χ1n) is 14.3. The van der Waals surface area contributed by atoms with Crippen LogP contribution in [-0.2, 0) is 24.2 Å². The van der Waals surface area contributed by atoms with Crippen molar-refractivity contribution in [3.8, 4) is 39.7 Å². The molecule has 0 aliphatic heterocycles. The zero-order valence-electron chi connectivity index (χ0n) is 23.5. The zero-order valence-corrected chi connectivity index (χ0v) is 23.5. The van der Waals surface area contributed by atoms with E-state index in [9.17, 15) is 0 Å². The van der Waals surface area contributed by atoms with Crippen LogP contribution in [0.4, 0.5) is 0 Å². The third-order valence-corrected chi connectivity index (χ3v) is 7.33. The maximum Gasteiger partial charge on any atom is 0.154 e. The normalized spacial score (nSPS) is 11.3. The van der Waals surface area contributed by atoms with Gasteiger partial charge in [0.1, 0.15) is 5.76 Å². The quantitative estimate of drug-likeness (QED) is 0.165. The number of rotatable bonds is 12. The van der Waals surface area contributed by atoms with Gasteiger partial charge in [0, 0.05) is 23.9 Å². The average Bonchev–Trinajstić information content (AvgIpc) is 3.58. The Kier molecular flexibility index (Phi) is 8.80. The van der Waals surface area contributed by atoms with Crippen molar-refractivity contribution in [2.24, 2.45) is 0 Å². The van der Waals surface area contributed by atoms with Crippen molar-refractivity contribution >= 4 is 0 Å². The van der Waals surface area contributed by atoms with E-state index in [0.717, 1.165) is 72.6 Å². The molecule has 0 aliphatic rings. The van der Waals surface area contributed by atoms with Crippen LogP contribution in [0.1, 0.15) is 56.2 Å². The highest BCUT2D eigenvalue weighted by Gasteiger charge is 2.24. The molecule has 3 heteroatoms. The first-order chi connectivity index (χ1) is 19.2.